The third-order valence-corrected chi connectivity index (χ3v) is 5.40. The molecule has 0 aromatic heterocycles. The Hall–Kier alpha value is -1.72. The number of nitrogens with one attached hydrogen (secondary N) is 1. The van der Waals surface area contributed by atoms with Gasteiger partial charge in [-0.05, 0) is 30.7 Å². The second kappa shape index (κ2) is 6.81. The van der Waals surface area contributed by atoms with Gasteiger partial charge in [0, 0.05) is 28.6 Å². The Bertz CT molecular complexity index is 740. The van der Waals surface area contributed by atoms with Crippen molar-refractivity contribution in [1.82, 2.24) is 4.90 Å². The number of carbonyl (C=O) groups excluding carboxylic acids is 1. The molecule has 1 fully saturated rings. The molecule has 3 rings (SSSR count). The molecule has 120 valence electrons. The van der Waals surface area contributed by atoms with Crippen molar-refractivity contribution < 1.29 is 9.18 Å². The van der Waals surface area contributed by atoms with Crippen LogP contribution in [0.4, 0.5) is 14.9 Å². The molecule has 2 aromatic carbocycles. The number of rotatable bonds is 2. The molecule has 1 aliphatic rings. The van der Waals surface area contributed by atoms with Crippen LogP contribution in [0.15, 0.2) is 42.5 Å². The minimum Gasteiger partial charge on any atom is -0.308 e. The topological polar surface area (TPSA) is 32.3 Å². The van der Waals surface area contributed by atoms with Crippen molar-refractivity contribution in [1.29, 1.82) is 0 Å². The fraction of sp³-hybridized carbons (Fsp3) is 0.235. The van der Waals surface area contributed by atoms with Gasteiger partial charge in [-0.3, -0.25) is 0 Å². The highest BCUT2D eigenvalue weighted by atomic mass is 35.5. The lowest BCUT2D eigenvalue weighted by molar-refractivity contribution is 0.213. The second-order valence-corrected chi connectivity index (χ2v) is 6.93. The molecule has 23 heavy (non-hydrogen) atoms. The van der Waals surface area contributed by atoms with Gasteiger partial charge in [0.2, 0.25) is 0 Å². The number of halogens is 2. The zero-order valence-corrected chi connectivity index (χ0v) is 14.1. The Labute approximate surface area is 143 Å². The first kappa shape index (κ1) is 16.1. The molecule has 0 radical (unpaired) electrons. The lowest BCUT2D eigenvalue weighted by Gasteiger charge is -2.24. The number of anilines is 1. The number of nitrogens with zero attached hydrogens (tertiary/aromatic N) is 1. The van der Waals surface area contributed by atoms with E-state index in [1.54, 1.807) is 47.0 Å². The third kappa shape index (κ3) is 3.46. The lowest BCUT2D eigenvalue weighted by atomic mass is 10.2. The molecule has 0 saturated carbocycles. The van der Waals surface area contributed by atoms with Gasteiger partial charge >= 0.3 is 6.03 Å². The van der Waals surface area contributed by atoms with E-state index in [4.69, 9.17) is 11.6 Å². The van der Waals surface area contributed by atoms with Gasteiger partial charge in [-0.2, -0.15) is 0 Å². The molecule has 0 unspecified atom stereocenters. The van der Waals surface area contributed by atoms with E-state index in [0.717, 1.165) is 11.3 Å². The van der Waals surface area contributed by atoms with Gasteiger partial charge in [-0.1, -0.05) is 35.9 Å². The van der Waals surface area contributed by atoms with E-state index < -0.39 is 0 Å². The summed E-state index contributed by atoms with van der Waals surface area (Å²) in [6.07, 6.45) is 0. The molecule has 2 aromatic rings. The quantitative estimate of drug-likeness (QED) is 0.820. The van der Waals surface area contributed by atoms with Gasteiger partial charge in [0.15, 0.2) is 0 Å². The average Bonchev–Trinajstić information content (AvgIpc) is 3.01. The first-order valence-corrected chi connectivity index (χ1v) is 8.69. The number of carbonyl (C=O) groups is 1. The molecule has 0 aliphatic carbocycles. The van der Waals surface area contributed by atoms with Gasteiger partial charge in [0.25, 0.3) is 0 Å². The van der Waals surface area contributed by atoms with Gasteiger partial charge < -0.3 is 10.2 Å². The Kier molecular flexibility index (Phi) is 4.78. The summed E-state index contributed by atoms with van der Waals surface area (Å²) >= 11 is 7.64. The van der Waals surface area contributed by atoms with E-state index in [2.05, 4.69) is 5.32 Å². The summed E-state index contributed by atoms with van der Waals surface area (Å²) < 4.78 is 14.0. The Balaban J connectivity index is 1.78. The van der Waals surface area contributed by atoms with Crippen LogP contribution >= 0.6 is 23.4 Å². The summed E-state index contributed by atoms with van der Waals surface area (Å²) in [6, 6.07) is 11.7. The highest BCUT2D eigenvalue weighted by Crippen LogP contribution is 2.39. The van der Waals surface area contributed by atoms with Crippen LogP contribution in [0.5, 0.6) is 0 Å². The van der Waals surface area contributed by atoms with Gasteiger partial charge in [0.05, 0.1) is 0 Å². The minimum absolute atomic E-state index is 0.247. The van der Waals surface area contributed by atoms with Gasteiger partial charge in [-0.15, -0.1) is 11.8 Å². The molecule has 0 spiro atoms. The number of urea groups is 1. The van der Waals surface area contributed by atoms with Crippen molar-refractivity contribution in [3.63, 3.8) is 0 Å². The van der Waals surface area contributed by atoms with E-state index in [1.165, 1.54) is 6.07 Å². The summed E-state index contributed by atoms with van der Waals surface area (Å²) in [5, 5.41) is 3.13. The number of hydrogen-bond acceptors (Lipinski definition) is 2. The van der Waals surface area contributed by atoms with Crippen LogP contribution in [0.3, 0.4) is 0 Å². The van der Waals surface area contributed by atoms with E-state index in [9.17, 15) is 9.18 Å². The smallest absolute Gasteiger partial charge is 0.308 e. The van der Waals surface area contributed by atoms with Crippen LogP contribution in [0.25, 0.3) is 0 Å². The fourth-order valence-electron chi connectivity index (χ4n) is 2.48. The van der Waals surface area contributed by atoms with Crippen molar-refractivity contribution in [2.75, 3.05) is 17.6 Å². The van der Waals surface area contributed by atoms with Crippen molar-refractivity contribution >= 4 is 35.1 Å². The number of aryl methyl sites for hydroxylation is 1. The maximum Gasteiger partial charge on any atom is 0.323 e. The van der Waals surface area contributed by atoms with Crippen LogP contribution in [0.2, 0.25) is 5.02 Å². The number of hydrogen-bond donors (Lipinski definition) is 1. The molecule has 1 aliphatic heterocycles. The van der Waals surface area contributed by atoms with Crippen LogP contribution in [0, 0.1) is 12.7 Å². The average molecular weight is 351 g/mol. The standard InChI is InChI=1S/C17H16ClFN2OS/c1-11-6-7-12(10-14(11)18)20-17(22)21-8-9-23-16(21)13-4-2-3-5-15(13)19/h2-7,10,16H,8-9H2,1H3,(H,20,22)/t16-/m0/s1. The predicted molar refractivity (Wildman–Crippen MR) is 93.5 cm³/mol. The molecule has 2 amide bonds. The molecule has 6 heteroatoms. The summed E-state index contributed by atoms with van der Waals surface area (Å²) in [6.45, 7) is 2.48. The fourth-order valence-corrected chi connectivity index (χ4v) is 3.93. The molecule has 1 saturated heterocycles. The Morgan fingerprint density at radius 2 is 2.13 bits per heavy atom. The third-order valence-electron chi connectivity index (χ3n) is 3.75. The van der Waals surface area contributed by atoms with Crippen LogP contribution < -0.4 is 5.32 Å². The van der Waals surface area contributed by atoms with Crippen molar-refractivity contribution in [2.24, 2.45) is 0 Å². The zero-order chi connectivity index (χ0) is 16.4. The van der Waals surface area contributed by atoms with Gasteiger partial charge in [-0.25, -0.2) is 9.18 Å². The molecule has 1 N–H and O–H groups in total. The lowest BCUT2D eigenvalue weighted by Crippen LogP contribution is -2.34. The van der Waals surface area contributed by atoms with Gasteiger partial charge in [0.1, 0.15) is 11.2 Å². The molecule has 1 heterocycles. The summed E-state index contributed by atoms with van der Waals surface area (Å²) in [5.74, 6) is 0.490. The first-order valence-electron chi connectivity index (χ1n) is 7.26. The Morgan fingerprint density at radius 1 is 1.35 bits per heavy atom. The van der Waals surface area contributed by atoms with E-state index >= 15 is 0 Å². The van der Waals surface area contributed by atoms with Crippen molar-refractivity contribution in [2.45, 2.75) is 12.3 Å². The highest BCUT2D eigenvalue weighted by Gasteiger charge is 2.32. The largest absolute Gasteiger partial charge is 0.323 e. The minimum atomic E-state index is -0.308. The number of thioether (sulfide) groups is 1. The van der Waals surface area contributed by atoms with E-state index in [-0.39, 0.29) is 17.2 Å². The molecule has 1 atom stereocenters. The monoisotopic (exact) mass is 350 g/mol. The van der Waals surface area contributed by atoms with Crippen LogP contribution in [0.1, 0.15) is 16.5 Å². The zero-order valence-electron chi connectivity index (χ0n) is 12.6. The van der Waals surface area contributed by atoms with E-state index in [0.29, 0.717) is 22.8 Å². The normalized spacial score (nSPS) is 17.3. The maximum absolute atomic E-state index is 14.0. The highest BCUT2D eigenvalue weighted by molar-refractivity contribution is 7.99. The first-order chi connectivity index (χ1) is 11.1. The van der Waals surface area contributed by atoms with Crippen molar-refractivity contribution in [3.8, 4) is 0 Å². The number of benzene rings is 2. The summed E-state index contributed by atoms with van der Waals surface area (Å²) in [4.78, 5) is 14.2. The second-order valence-electron chi connectivity index (χ2n) is 5.33. The SMILES string of the molecule is Cc1ccc(NC(=O)N2CCS[C@H]2c2ccccc2F)cc1Cl. The van der Waals surface area contributed by atoms with Crippen LogP contribution in [-0.4, -0.2) is 23.2 Å². The maximum atomic E-state index is 14.0. The predicted octanol–water partition coefficient (Wildman–Crippen LogP) is 5.07. The molecule has 0 bridgehead atoms. The van der Waals surface area contributed by atoms with Crippen molar-refractivity contribution in [3.05, 3.63) is 64.4 Å². The van der Waals surface area contributed by atoms with E-state index in [1.807, 2.05) is 13.0 Å². The molecule has 3 nitrogen and oxygen atoms in total. The Morgan fingerprint density at radius 3 is 2.87 bits per heavy atom. The molecular weight excluding hydrogens is 335 g/mol. The molecular formula is C17H16ClFN2OS. The number of amides is 2. The van der Waals surface area contributed by atoms with Crippen LogP contribution in [-0.2, 0) is 0 Å². The summed E-state index contributed by atoms with van der Waals surface area (Å²) in [7, 11) is 0. The summed E-state index contributed by atoms with van der Waals surface area (Å²) in [5.41, 5.74) is 2.12.